The summed E-state index contributed by atoms with van der Waals surface area (Å²) in [4.78, 5) is 0. The van der Waals surface area contributed by atoms with Gasteiger partial charge in [0, 0.05) is 26.2 Å². The van der Waals surface area contributed by atoms with Crippen LogP contribution in [0.5, 0.6) is 0 Å². The lowest BCUT2D eigenvalue weighted by molar-refractivity contribution is -0.123. The summed E-state index contributed by atoms with van der Waals surface area (Å²) in [5, 5.41) is 0. The SMILES string of the molecule is NCCOCCOCCOCCOCCOCC(COCCOCCOCCOCCOCCN)(COCCOCCOCCOCCOCCN)COCCOCCOCCOCCOCCN. The summed E-state index contributed by atoms with van der Waals surface area (Å²) in [5.74, 6) is 0. The van der Waals surface area contributed by atoms with Crippen molar-refractivity contribution in [3.8, 4) is 0 Å². The zero-order valence-corrected chi connectivity index (χ0v) is 42.1. The maximum atomic E-state index is 6.17. The Morgan fingerprint density at radius 2 is 0.246 bits per heavy atom. The lowest BCUT2D eigenvalue weighted by Gasteiger charge is -2.33. The van der Waals surface area contributed by atoms with Crippen molar-refractivity contribution in [1.29, 1.82) is 0 Å². The minimum absolute atomic E-state index is 0.279. The molecule has 0 fully saturated rings. The van der Waals surface area contributed by atoms with Crippen LogP contribution >= 0.6 is 0 Å². The molecule has 0 aromatic rings. The zero-order chi connectivity index (χ0) is 49.8. The van der Waals surface area contributed by atoms with Crippen LogP contribution in [-0.2, 0) is 94.7 Å². The van der Waals surface area contributed by atoms with Crippen LogP contribution in [0.1, 0.15) is 0 Å². The first kappa shape index (κ1) is 68.0. The zero-order valence-electron chi connectivity index (χ0n) is 42.1. The fraction of sp³-hybridized carbons (Fsp3) is 1.00. The van der Waals surface area contributed by atoms with E-state index in [4.69, 9.17) is 118 Å². The molecule has 0 aliphatic carbocycles. The maximum Gasteiger partial charge on any atom is 0.0701 e. The number of hydrogen-bond acceptors (Lipinski definition) is 24. The second-order valence-corrected chi connectivity index (χ2v) is 14.7. The fourth-order valence-corrected chi connectivity index (χ4v) is 5.26. The molecule has 24 nitrogen and oxygen atoms in total. The molecule has 69 heavy (non-hydrogen) atoms. The molecule has 0 aromatic carbocycles. The minimum Gasteiger partial charge on any atom is -0.378 e. The highest BCUT2D eigenvalue weighted by Gasteiger charge is 2.32. The van der Waals surface area contributed by atoms with Gasteiger partial charge in [0.1, 0.15) is 0 Å². The van der Waals surface area contributed by atoms with Crippen LogP contribution < -0.4 is 22.9 Å². The Bertz CT molecular complexity index is 795. The first-order valence-electron chi connectivity index (χ1n) is 24.6. The predicted octanol–water partition coefficient (Wildman–Crippen LogP) is -1.86. The Balaban J connectivity index is 4.95. The smallest absolute Gasteiger partial charge is 0.0701 e. The highest BCUT2D eigenvalue weighted by atomic mass is 16.6. The van der Waals surface area contributed by atoms with Crippen LogP contribution in [0.4, 0.5) is 0 Å². The van der Waals surface area contributed by atoms with Crippen molar-refractivity contribution < 1.29 is 94.7 Å². The van der Waals surface area contributed by atoms with Gasteiger partial charge >= 0.3 is 0 Å². The second-order valence-electron chi connectivity index (χ2n) is 14.7. The molecule has 0 aliphatic rings. The summed E-state index contributed by atoms with van der Waals surface area (Å²) in [7, 11) is 0. The van der Waals surface area contributed by atoms with Gasteiger partial charge in [0.2, 0.25) is 0 Å². The van der Waals surface area contributed by atoms with Crippen LogP contribution in [0.15, 0.2) is 0 Å². The van der Waals surface area contributed by atoms with Crippen molar-refractivity contribution >= 4 is 0 Å². The van der Waals surface area contributed by atoms with E-state index in [9.17, 15) is 0 Å². The molecule has 0 rings (SSSR count). The highest BCUT2D eigenvalue weighted by molar-refractivity contribution is 4.79. The summed E-state index contributed by atoms with van der Waals surface area (Å²) < 4.78 is 113. The largest absolute Gasteiger partial charge is 0.378 e. The molecule has 0 spiro atoms. The van der Waals surface area contributed by atoms with Gasteiger partial charge in [-0.15, -0.1) is 0 Å². The molecule has 0 unspecified atom stereocenters. The first-order chi connectivity index (χ1) is 34.2. The predicted molar refractivity (Wildman–Crippen MR) is 255 cm³/mol. The van der Waals surface area contributed by atoms with E-state index in [1.54, 1.807) is 0 Å². The van der Waals surface area contributed by atoms with Gasteiger partial charge in [-0.1, -0.05) is 0 Å². The fourth-order valence-electron chi connectivity index (χ4n) is 5.26. The van der Waals surface area contributed by atoms with E-state index in [1.165, 1.54) is 0 Å². The average molecular weight is 1010 g/mol. The van der Waals surface area contributed by atoms with Crippen molar-refractivity contribution in [1.82, 2.24) is 0 Å². The van der Waals surface area contributed by atoms with Crippen molar-refractivity contribution in [3.63, 3.8) is 0 Å². The standard InChI is InChI=1S/C45H96N4O20/c46-1-5-50-9-13-54-17-21-58-25-29-62-33-37-66-41-45(42-67-38-34-63-30-26-59-22-18-55-14-10-51-6-2-47,43-68-39-35-64-31-27-60-23-19-56-15-11-52-7-3-48)44-69-40-36-65-32-28-61-24-20-57-16-12-53-8-4-49/h1-44,46-49H2. The van der Waals surface area contributed by atoms with Gasteiger partial charge in [0.25, 0.3) is 0 Å². The first-order valence-corrected chi connectivity index (χ1v) is 24.6. The highest BCUT2D eigenvalue weighted by Crippen LogP contribution is 2.21. The third-order valence-corrected chi connectivity index (χ3v) is 8.63. The number of nitrogens with two attached hydrogens (primary N) is 4. The molecule has 416 valence electrons. The van der Waals surface area contributed by atoms with E-state index >= 15 is 0 Å². The minimum atomic E-state index is -0.673. The van der Waals surface area contributed by atoms with Gasteiger partial charge < -0.3 is 118 Å². The van der Waals surface area contributed by atoms with Crippen molar-refractivity contribution in [2.75, 3.05) is 290 Å². The summed E-state index contributed by atoms with van der Waals surface area (Å²) in [6.45, 7) is 19.2. The monoisotopic (exact) mass is 1010 g/mol. The van der Waals surface area contributed by atoms with Gasteiger partial charge in [-0.3, -0.25) is 0 Å². The lowest BCUT2D eigenvalue weighted by atomic mass is 9.92. The van der Waals surface area contributed by atoms with E-state index in [-0.39, 0.29) is 26.4 Å². The van der Waals surface area contributed by atoms with Crippen LogP contribution in [0.3, 0.4) is 0 Å². The third-order valence-electron chi connectivity index (χ3n) is 8.63. The molecule has 0 aromatic heterocycles. The molecule has 0 aliphatic heterocycles. The molecule has 24 heteroatoms. The molecular weight excluding hydrogens is 917 g/mol. The van der Waals surface area contributed by atoms with E-state index in [0.29, 0.717) is 264 Å². The number of ether oxygens (including phenoxy) is 20. The van der Waals surface area contributed by atoms with Gasteiger partial charge in [-0.05, 0) is 0 Å². The molecule has 0 bridgehead atoms. The normalized spacial score (nSPS) is 12.0. The molecule has 0 radical (unpaired) electrons. The summed E-state index contributed by atoms with van der Waals surface area (Å²) in [6, 6.07) is 0. The van der Waals surface area contributed by atoms with E-state index in [0.717, 1.165) is 0 Å². The molecule has 0 saturated carbocycles. The van der Waals surface area contributed by atoms with Crippen LogP contribution in [-0.4, -0.2) is 290 Å². The van der Waals surface area contributed by atoms with Crippen LogP contribution in [0.2, 0.25) is 0 Å². The average Bonchev–Trinajstić information content (AvgIpc) is 3.36. The Morgan fingerprint density at radius 1 is 0.145 bits per heavy atom. The van der Waals surface area contributed by atoms with Crippen molar-refractivity contribution in [2.24, 2.45) is 28.3 Å². The Hall–Kier alpha value is -0.960. The molecular formula is C45H96N4O20. The van der Waals surface area contributed by atoms with E-state index in [2.05, 4.69) is 0 Å². The molecule has 0 saturated heterocycles. The van der Waals surface area contributed by atoms with Gasteiger partial charge in [0.05, 0.1) is 270 Å². The van der Waals surface area contributed by atoms with Crippen LogP contribution in [0, 0.1) is 5.41 Å². The van der Waals surface area contributed by atoms with Gasteiger partial charge in [-0.2, -0.15) is 0 Å². The van der Waals surface area contributed by atoms with Gasteiger partial charge in [-0.25, -0.2) is 0 Å². The van der Waals surface area contributed by atoms with E-state index < -0.39 is 5.41 Å². The topological polar surface area (TPSA) is 289 Å². The summed E-state index contributed by atoms with van der Waals surface area (Å²) in [5.41, 5.74) is 21.0. The van der Waals surface area contributed by atoms with Crippen molar-refractivity contribution in [2.45, 2.75) is 0 Å². The molecule has 0 heterocycles. The Labute approximate surface area is 412 Å². The summed E-state index contributed by atoms with van der Waals surface area (Å²) in [6.07, 6.45) is 0. The Morgan fingerprint density at radius 3 is 0.362 bits per heavy atom. The maximum absolute atomic E-state index is 6.17. The Kier molecular flexibility index (Phi) is 60.5. The molecule has 0 amide bonds. The molecule has 0 atom stereocenters. The van der Waals surface area contributed by atoms with Crippen molar-refractivity contribution in [3.05, 3.63) is 0 Å². The van der Waals surface area contributed by atoms with Gasteiger partial charge in [0.15, 0.2) is 0 Å². The number of rotatable bonds is 64. The third kappa shape index (κ3) is 56.2. The van der Waals surface area contributed by atoms with E-state index in [1.807, 2.05) is 0 Å². The second kappa shape index (κ2) is 61.3. The lowest BCUT2D eigenvalue weighted by Crippen LogP contribution is -2.43. The van der Waals surface area contributed by atoms with Crippen LogP contribution in [0.25, 0.3) is 0 Å². The molecule has 8 N–H and O–H groups in total. The summed E-state index contributed by atoms with van der Waals surface area (Å²) >= 11 is 0. The number of hydrogen-bond donors (Lipinski definition) is 4. The quantitative estimate of drug-likeness (QED) is 0.0486.